The maximum Gasteiger partial charge on any atom is 0.244 e. The molecule has 1 aliphatic carbocycles. The zero-order valence-corrected chi connectivity index (χ0v) is 11.9. The first-order valence-corrected chi connectivity index (χ1v) is 6.81. The van der Waals surface area contributed by atoms with Crippen molar-refractivity contribution in [1.29, 1.82) is 0 Å². The number of fused-ring (bicyclic) bond motifs is 1. The number of nitrogens with two attached hydrogens (primary N) is 1. The summed E-state index contributed by atoms with van der Waals surface area (Å²) in [5.41, 5.74) is 7.15. The van der Waals surface area contributed by atoms with Gasteiger partial charge in [0.2, 0.25) is 5.91 Å². The van der Waals surface area contributed by atoms with Crippen molar-refractivity contribution in [3.05, 3.63) is 53.8 Å². The molecule has 0 saturated carbocycles. The van der Waals surface area contributed by atoms with Crippen LogP contribution >= 0.6 is 0 Å². The molecule has 22 heavy (non-hydrogen) atoms. The number of hydrogen-bond acceptors (Lipinski definition) is 5. The first-order chi connectivity index (χ1) is 10.6. The number of aliphatic hydroxyl groups excluding tert-OH is 1. The van der Waals surface area contributed by atoms with Crippen molar-refractivity contribution in [3.63, 3.8) is 0 Å². The van der Waals surface area contributed by atoms with Crippen molar-refractivity contribution in [2.75, 3.05) is 11.9 Å². The first kappa shape index (κ1) is 15.5. The lowest BCUT2D eigenvalue weighted by molar-refractivity contribution is -0.119. The van der Waals surface area contributed by atoms with Gasteiger partial charge in [0, 0.05) is 30.4 Å². The van der Waals surface area contributed by atoms with Crippen LogP contribution in [0.5, 0.6) is 0 Å². The van der Waals surface area contributed by atoms with Crippen molar-refractivity contribution < 1.29 is 14.7 Å². The number of carbonyl (C=O) groups excluding carboxylic acids is 2. The Balaban J connectivity index is 0.000000188. The fourth-order valence-corrected chi connectivity index (χ4v) is 1.89. The summed E-state index contributed by atoms with van der Waals surface area (Å²) in [4.78, 5) is 25.4. The Bertz CT molecular complexity index is 660. The zero-order valence-electron chi connectivity index (χ0n) is 11.9. The van der Waals surface area contributed by atoms with Gasteiger partial charge in [0.25, 0.3) is 0 Å². The number of amides is 1. The maximum absolute atomic E-state index is 10.9. The van der Waals surface area contributed by atoms with Crippen molar-refractivity contribution in [2.24, 2.45) is 10.7 Å². The molecule has 1 aromatic rings. The summed E-state index contributed by atoms with van der Waals surface area (Å²) in [5.74, 6) is -0.172. The first-order valence-electron chi connectivity index (χ1n) is 6.81. The summed E-state index contributed by atoms with van der Waals surface area (Å²) in [6, 6.07) is 7.28. The number of allylic oxidation sites excluding steroid dienone is 3. The normalized spacial score (nSPS) is 19.0. The number of anilines is 1. The van der Waals surface area contributed by atoms with Crippen LogP contribution in [0, 0.1) is 0 Å². The molecule has 6 heteroatoms. The molecule has 1 aromatic carbocycles. The smallest absolute Gasteiger partial charge is 0.244 e. The van der Waals surface area contributed by atoms with E-state index in [2.05, 4.69) is 10.3 Å². The second-order valence-corrected chi connectivity index (χ2v) is 4.80. The van der Waals surface area contributed by atoms with Crippen LogP contribution in [-0.4, -0.2) is 35.6 Å². The third-order valence-electron chi connectivity index (χ3n) is 3.12. The van der Waals surface area contributed by atoms with Gasteiger partial charge < -0.3 is 16.2 Å². The van der Waals surface area contributed by atoms with Gasteiger partial charge in [-0.05, 0) is 24.3 Å². The van der Waals surface area contributed by atoms with Gasteiger partial charge in [-0.15, -0.1) is 0 Å². The predicted molar refractivity (Wildman–Crippen MR) is 85.0 cm³/mol. The van der Waals surface area contributed by atoms with Crippen molar-refractivity contribution in [1.82, 2.24) is 0 Å². The van der Waals surface area contributed by atoms with E-state index in [0.717, 1.165) is 11.3 Å². The molecule has 1 heterocycles. The molecule has 6 nitrogen and oxygen atoms in total. The van der Waals surface area contributed by atoms with Gasteiger partial charge in [-0.3, -0.25) is 14.6 Å². The van der Waals surface area contributed by atoms with Crippen molar-refractivity contribution in [2.45, 2.75) is 12.5 Å². The van der Waals surface area contributed by atoms with Crippen LogP contribution in [0.1, 0.15) is 12.0 Å². The molecule has 0 spiro atoms. The molecular weight excluding hydrogens is 282 g/mol. The summed E-state index contributed by atoms with van der Waals surface area (Å²) in [6.07, 6.45) is 6.27. The van der Waals surface area contributed by atoms with E-state index in [1.54, 1.807) is 6.21 Å². The number of benzodiazepines with no additional fused rings is 1. The number of aliphatic hydroxyl groups is 1. The molecule has 1 amide bonds. The molecule has 2 aliphatic rings. The molecule has 0 radical (unpaired) electrons. The SMILES string of the molecule is NC(=O)C1CNc2ccccc2C=N1.O=C1C=CC(O)=CC1. The summed E-state index contributed by atoms with van der Waals surface area (Å²) >= 11 is 0. The minimum Gasteiger partial charge on any atom is -0.508 e. The molecule has 4 N–H and O–H groups in total. The van der Waals surface area contributed by atoms with Crippen LogP contribution in [0.15, 0.2) is 53.2 Å². The van der Waals surface area contributed by atoms with Crippen LogP contribution in [0.25, 0.3) is 0 Å². The molecule has 114 valence electrons. The van der Waals surface area contributed by atoms with Gasteiger partial charge in [0.15, 0.2) is 5.78 Å². The number of nitrogens with zero attached hydrogens (tertiary/aromatic N) is 1. The lowest BCUT2D eigenvalue weighted by atomic mass is 10.1. The molecule has 0 saturated heterocycles. The van der Waals surface area contributed by atoms with Gasteiger partial charge in [0.05, 0.1) is 0 Å². The molecule has 0 bridgehead atoms. The van der Waals surface area contributed by atoms with Gasteiger partial charge in [-0.25, -0.2) is 0 Å². The molecular formula is C16H17N3O3. The van der Waals surface area contributed by atoms with Crippen LogP contribution < -0.4 is 11.1 Å². The van der Waals surface area contributed by atoms with Gasteiger partial charge in [0.1, 0.15) is 11.8 Å². The second-order valence-electron chi connectivity index (χ2n) is 4.80. The molecule has 0 fully saturated rings. The van der Waals surface area contributed by atoms with Crippen LogP contribution in [-0.2, 0) is 9.59 Å². The summed E-state index contributed by atoms with van der Waals surface area (Å²) in [7, 11) is 0. The van der Waals surface area contributed by atoms with Crippen LogP contribution in [0.4, 0.5) is 5.69 Å². The molecule has 1 atom stereocenters. The molecule has 1 aliphatic heterocycles. The van der Waals surface area contributed by atoms with Crippen molar-refractivity contribution in [3.8, 4) is 0 Å². The Morgan fingerprint density at radius 1 is 1.32 bits per heavy atom. The van der Waals surface area contributed by atoms with E-state index >= 15 is 0 Å². The minimum absolute atomic E-state index is 0.0443. The van der Waals surface area contributed by atoms with Crippen LogP contribution in [0.3, 0.4) is 0 Å². The Morgan fingerprint density at radius 2 is 2.09 bits per heavy atom. The third kappa shape index (κ3) is 4.31. The number of rotatable bonds is 1. The topological polar surface area (TPSA) is 105 Å². The predicted octanol–water partition coefficient (Wildman–Crippen LogP) is 1.34. The summed E-state index contributed by atoms with van der Waals surface area (Å²) in [5, 5.41) is 11.8. The lowest BCUT2D eigenvalue weighted by Crippen LogP contribution is -2.32. The Kier molecular flexibility index (Phi) is 5.08. The third-order valence-corrected chi connectivity index (χ3v) is 3.12. The number of hydrogen-bond donors (Lipinski definition) is 3. The number of para-hydroxylation sites is 1. The number of ketones is 1. The standard InChI is InChI=1S/C10H11N3O.C6H6O2/c11-10(14)9-6-13-8-4-2-1-3-7(8)5-12-9;7-5-1-2-6(8)4-3-5/h1-5,9,13H,6H2,(H2,11,14);1-3,7H,4H2. The van der Waals surface area contributed by atoms with Gasteiger partial charge in [-0.1, -0.05) is 18.2 Å². The highest BCUT2D eigenvalue weighted by Crippen LogP contribution is 2.15. The lowest BCUT2D eigenvalue weighted by Gasteiger charge is -2.08. The highest BCUT2D eigenvalue weighted by molar-refractivity contribution is 5.92. The van der Waals surface area contributed by atoms with Gasteiger partial charge in [-0.2, -0.15) is 0 Å². The highest BCUT2D eigenvalue weighted by Gasteiger charge is 2.15. The molecule has 0 aromatic heterocycles. The summed E-state index contributed by atoms with van der Waals surface area (Å²) in [6.45, 7) is 0.461. The fourth-order valence-electron chi connectivity index (χ4n) is 1.89. The summed E-state index contributed by atoms with van der Waals surface area (Å²) < 4.78 is 0. The number of nitrogens with one attached hydrogen (secondary N) is 1. The fraction of sp³-hybridized carbons (Fsp3) is 0.188. The van der Waals surface area contributed by atoms with E-state index in [1.807, 2.05) is 24.3 Å². The van der Waals surface area contributed by atoms with E-state index in [4.69, 9.17) is 10.8 Å². The minimum atomic E-state index is -0.470. The van der Waals surface area contributed by atoms with E-state index in [-0.39, 0.29) is 11.5 Å². The quantitative estimate of drug-likeness (QED) is 0.727. The largest absolute Gasteiger partial charge is 0.508 e. The van der Waals surface area contributed by atoms with Crippen molar-refractivity contribution >= 4 is 23.6 Å². The highest BCUT2D eigenvalue weighted by atomic mass is 16.3. The van der Waals surface area contributed by atoms with E-state index in [9.17, 15) is 9.59 Å². The second kappa shape index (κ2) is 7.21. The number of benzene rings is 1. The molecule has 3 rings (SSSR count). The zero-order chi connectivity index (χ0) is 15.9. The number of carbonyl (C=O) groups is 2. The van der Waals surface area contributed by atoms with Gasteiger partial charge >= 0.3 is 0 Å². The Morgan fingerprint density at radius 3 is 2.73 bits per heavy atom. The average molecular weight is 299 g/mol. The average Bonchev–Trinajstić information content (AvgIpc) is 2.73. The van der Waals surface area contributed by atoms with E-state index in [1.165, 1.54) is 18.2 Å². The molecule has 1 unspecified atom stereocenters. The monoisotopic (exact) mass is 299 g/mol. The Hall–Kier alpha value is -2.89. The van der Waals surface area contributed by atoms with E-state index in [0.29, 0.717) is 13.0 Å². The van der Waals surface area contributed by atoms with E-state index < -0.39 is 11.9 Å². The number of aliphatic imine (C=N–C) groups is 1. The Labute approximate surface area is 128 Å². The maximum atomic E-state index is 10.9. The number of primary amides is 1. The van der Waals surface area contributed by atoms with Crippen LogP contribution in [0.2, 0.25) is 0 Å².